The molecule has 0 aromatic heterocycles. The summed E-state index contributed by atoms with van der Waals surface area (Å²) in [6, 6.07) is 18.4. The zero-order valence-corrected chi connectivity index (χ0v) is 16.5. The number of halogens is 2. The van der Waals surface area contributed by atoms with Gasteiger partial charge < -0.3 is 14.2 Å². The van der Waals surface area contributed by atoms with Gasteiger partial charge in [0.05, 0.1) is 16.8 Å². The maximum absolute atomic E-state index is 14.2. The van der Waals surface area contributed by atoms with Gasteiger partial charge in [-0.15, -0.1) is 0 Å². The van der Waals surface area contributed by atoms with Crippen LogP contribution in [0.15, 0.2) is 65.8 Å². The number of benzene rings is 3. The fourth-order valence-corrected chi connectivity index (χ4v) is 4.29. The number of hydrogen-bond acceptors (Lipinski definition) is 5. The van der Waals surface area contributed by atoms with Crippen LogP contribution in [0, 0.1) is 5.82 Å². The molecular formula is C23H16ClFN2O3. The standard InChI is InChI=1S/C23H16ClFN2O3/c24-16-7-5-14(9-17(16)25)23-27-19(15-3-1-2-4-20(15)30-23)11-18(26-27)13-6-8-21-22(10-13)29-12-28-21/h1-10,19,23H,11-12H2/t19-,23+/m1/s1. The number of nitrogens with zero attached hydrogens (tertiary/aromatic N) is 2. The van der Waals surface area contributed by atoms with Crippen LogP contribution in [0.4, 0.5) is 4.39 Å². The molecule has 3 heterocycles. The minimum absolute atomic E-state index is 0.0147. The van der Waals surface area contributed by atoms with E-state index in [-0.39, 0.29) is 17.9 Å². The third kappa shape index (κ3) is 2.71. The minimum atomic E-state index is -0.553. The number of fused-ring (bicyclic) bond motifs is 4. The van der Waals surface area contributed by atoms with E-state index in [1.807, 2.05) is 47.5 Å². The summed E-state index contributed by atoms with van der Waals surface area (Å²) in [4.78, 5) is 0. The molecule has 0 amide bonds. The molecule has 0 saturated carbocycles. The highest BCUT2D eigenvalue weighted by Crippen LogP contribution is 2.48. The van der Waals surface area contributed by atoms with Crippen LogP contribution in [0.25, 0.3) is 0 Å². The van der Waals surface area contributed by atoms with Crippen molar-refractivity contribution < 1.29 is 18.6 Å². The number of hydrogen-bond donors (Lipinski definition) is 0. The molecule has 0 saturated heterocycles. The first-order chi connectivity index (χ1) is 14.7. The summed E-state index contributed by atoms with van der Waals surface area (Å²) >= 11 is 5.88. The highest BCUT2D eigenvalue weighted by Gasteiger charge is 2.41. The molecule has 30 heavy (non-hydrogen) atoms. The average Bonchev–Trinajstić information content (AvgIpc) is 3.42. The molecule has 2 atom stereocenters. The van der Waals surface area contributed by atoms with Gasteiger partial charge >= 0.3 is 0 Å². The van der Waals surface area contributed by atoms with Gasteiger partial charge in [-0.05, 0) is 36.4 Å². The molecule has 150 valence electrons. The lowest BCUT2D eigenvalue weighted by Crippen LogP contribution is -2.33. The molecule has 6 rings (SSSR count). The maximum atomic E-state index is 14.2. The second-order valence-corrected chi connectivity index (χ2v) is 7.80. The van der Waals surface area contributed by atoms with E-state index < -0.39 is 12.0 Å². The van der Waals surface area contributed by atoms with Crippen LogP contribution in [-0.4, -0.2) is 17.5 Å². The zero-order valence-electron chi connectivity index (χ0n) is 15.7. The van der Waals surface area contributed by atoms with Crippen molar-refractivity contribution in [1.82, 2.24) is 5.01 Å². The van der Waals surface area contributed by atoms with Crippen LogP contribution in [0.1, 0.15) is 35.4 Å². The van der Waals surface area contributed by atoms with Gasteiger partial charge in [-0.1, -0.05) is 35.9 Å². The number of rotatable bonds is 2. The quantitative estimate of drug-likeness (QED) is 0.550. The summed E-state index contributed by atoms with van der Waals surface area (Å²) < 4.78 is 31.4. The fraction of sp³-hybridized carbons (Fsp3) is 0.174. The predicted octanol–water partition coefficient (Wildman–Crippen LogP) is 5.45. The van der Waals surface area contributed by atoms with E-state index in [4.69, 9.17) is 30.9 Å². The fourth-order valence-electron chi connectivity index (χ4n) is 4.17. The lowest BCUT2D eigenvalue weighted by atomic mass is 9.96. The number of para-hydroxylation sites is 1. The SMILES string of the molecule is Fc1cc([C@@H]2Oc3ccccc3[C@H]3CC(c4ccc5c(c4)OCO5)=NN32)ccc1Cl. The molecule has 0 spiro atoms. The second kappa shape index (κ2) is 6.64. The topological polar surface area (TPSA) is 43.3 Å². The highest BCUT2D eigenvalue weighted by atomic mass is 35.5. The zero-order chi connectivity index (χ0) is 20.2. The van der Waals surface area contributed by atoms with Crippen molar-refractivity contribution in [2.75, 3.05) is 6.79 Å². The smallest absolute Gasteiger partial charge is 0.231 e. The van der Waals surface area contributed by atoms with Crippen molar-refractivity contribution in [1.29, 1.82) is 0 Å². The molecule has 0 fully saturated rings. The van der Waals surface area contributed by atoms with E-state index in [1.165, 1.54) is 6.07 Å². The first-order valence-electron chi connectivity index (χ1n) is 9.64. The normalized spacial score (nSPS) is 21.0. The lowest BCUT2D eigenvalue weighted by molar-refractivity contribution is -0.0192. The summed E-state index contributed by atoms with van der Waals surface area (Å²) in [7, 11) is 0. The van der Waals surface area contributed by atoms with Gasteiger partial charge in [-0.3, -0.25) is 0 Å². The lowest BCUT2D eigenvalue weighted by Gasteiger charge is -2.38. The van der Waals surface area contributed by atoms with Crippen molar-refractivity contribution in [2.24, 2.45) is 5.10 Å². The Hall–Kier alpha value is -3.25. The van der Waals surface area contributed by atoms with Crippen LogP contribution in [0.2, 0.25) is 5.02 Å². The molecule has 3 aliphatic heterocycles. The first kappa shape index (κ1) is 17.6. The Morgan fingerprint density at radius 1 is 0.967 bits per heavy atom. The molecule has 7 heteroatoms. The van der Waals surface area contributed by atoms with Crippen LogP contribution < -0.4 is 14.2 Å². The van der Waals surface area contributed by atoms with Crippen LogP contribution >= 0.6 is 11.6 Å². The molecule has 3 aliphatic rings. The van der Waals surface area contributed by atoms with Crippen molar-refractivity contribution in [3.05, 3.63) is 88.2 Å². The third-order valence-electron chi connectivity index (χ3n) is 5.63. The molecule has 0 unspecified atom stereocenters. The largest absolute Gasteiger partial charge is 0.464 e. The van der Waals surface area contributed by atoms with Gasteiger partial charge in [0, 0.05) is 23.1 Å². The van der Waals surface area contributed by atoms with Crippen molar-refractivity contribution in [3.63, 3.8) is 0 Å². The molecule has 0 N–H and O–H groups in total. The Kier molecular flexibility index (Phi) is 3.89. The van der Waals surface area contributed by atoms with Gasteiger partial charge in [0.25, 0.3) is 0 Å². The van der Waals surface area contributed by atoms with E-state index in [9.17, 15) is 4.39 Å². The van der Waals surface area contributed by atoms with Crippen LogP contribution in [0.3, 0.4) is 0 Å². The summed E-state index contributed by atoms with van der Waals surface area (Å²) in [5, 5.41) is 6.88. The summed E-state index contributed by atoms with van der Waals surface area (Å²) in [5.74, 6) is 1.75. The van der Waals surface area contributed by atoms with Crippen molar-refractivity contribution in [3.8, 4) is 17.2 Å². The van der Waals surface area contributed by atoms with E-state index in [0.29, 0.717) is 17.7 Å². The van der Waals surface area contributed by atoms with Gasteiger partial charge in [0.15, 0.2) is 11.5 Å². The van der Waals surface area contributed by atoms with Gasteiger partial charge in [0.2, 0.25) is 13.0 Å². The molecular weight excluding hydrogens is 407 g/mol. The van der Waals surface area contributed by atoms with E-state index >= 15 is 0 Å². The first-order valence-corrected chi connectivity index (χ1v) is 10.0. The summed E-state index contributed by atoms with van der Waals surface area (Å²) in [5.41, 5.74) is 3.60. The number of ether oxygens (including phenoxy) is 3. The van der Waals surface area contributed by atoms with Crippen LogP contribution in [0.5, 0.6) is 17.2 Å². The van der Waals surface area contributed by atoms with Crippen LogP contribution in [-0.2, 0) is 0 Å². The van der Waals surface area contributed by atoms with Crippen molar-refractivity contribution in [2.45, 2.75) is 18.7 Å². The minimum Gasteiger partial charge on any atom is -0.464 e. The van der Waals surface area contributed by atoms with E-state index in [2.05, 4.69) is 0 Å². The summed E-state index contributed by atoms with van der Waals surface area (Å²) in [6.07, 6.45) is 0.148. The monoisotopic (exact) mass is 422 g/mol. The Morgan fingerprint density at radius 2 is 1.83 bits per heavy atom. The highest BCUT2D eigenvalue weighted by molar-refractivity contribution is 6.30. The molecule has 0 radical (unpaired) electrons. The van der Waals surface area contributed by atoms with E-state index in [1.54, 1.807) is 12.1 Å². The van der Waals surface area contributed by atoms with Gasteiger partial charge in [0.1, 0.15) is 11.6 Å². The third-order valence-corrected chi connectivity index (χ3v) is 5.94. The molecule has 3 aromatic carbocycles. The summed E-state index contributed by atoms with van der Waals surface area (Å²) in [6.45, 7) is 0.228. The molecule has 0 aliphatic carbocycles. The molecule has 5 nitrogen and oxygen atoms in total. The predicted molar refractivity (Wildman–Crippen MR) is 110 cm³/mol. The van der Waals surface area contributed by atoms with Gasteiger partial charge in [-0.25, -0.2) is 9.40 Å². The Bertz CT molecular complexity index is 1200. The Labute approximate surface area is 177 Å². The molecule has 3 aromatic rings. The van der Waals surface area contributed by atoms with Crippen molar-refractivity contribution >= 4 is 17.3 Å². The second-order valence-electron chi connectivity index (χ2n) is 7.40. The van der Waals surface area contributed by atoms with Gasteiger partial charge in [-0.2, -0.15) is 5.10 Å². The Morgan fingerprint density at radius 3 is 2.73 bits per heavy atom. The number of hydrazone groups is 1. The average molecular weight is 423 g/mol. The Balaban J connectivity index is 1.43. The molecule has 0 bridgehead atoms. The van der Waals surface area contributed by atoms with E-state index in [0.717, 1.165) is 28.3 Å². The maximum Gasteiger partial charge on any atom is 0.231 e.